The summed E-state index contributed by atoms with van der Waals surface area (Å²) < 4.78 is 10.1. The summed E-state index contributed by atoms with van der Waals surface area (Å²) in [5.41, 5.74) is 5.33. The first kappa shape index (κ1) is 19.8. The highest BCUT2D eigenvalue weighted by molar-refractivity contribution is 5.85. The highest BCUT2D eigenvalue weighted by atomic mass is 35.5. The van der Waals surface area contributed by atoms with Crippen molar-refractivity contribution in [2.75, 3.05) is 13.2 Å². The summed E-state index contributed by atoms with van der Waals surface area (Å²) in [5.74, 6) is 1.15. The molecule has 3 N–H and O–H groups in total. The summed E-state index contributed by atoms with van der Waals surface area (Å²) >= 11 is 0. The molecule has 122 valence electrons. The van der Waals surface area contributed by atoms with Crippen molar-refractivity contribution in [3.05, 3.63) is 11.7 Å². The molecule has 0 saturated carbocycles. The molecule has 1 amide bonds. The van der Waals surface area contributed by atoms with Crippen LogP contribution >= 0.6 is 12.4 Å². The van der Waals surface area contributed by atoms with Gasteiger partial charge in [0.05, 0.1) is 0 Å². The zero-order valence-electron chi connectivity index (χ0n) is 13.0. The fourth-order valence-electron chi connectivity index (χ4n) is 2.09. The van der Waals surface area contributed by atoms with Crippen LogP contribution in [0.1, 0.15) is 38.9 Å². The minimum Gasteiger partial charge on any atom is -0.362 e. The number of ether oxygens (including phenoxy) is 1. The third kappa shape index (κ3) is 7.40. The van der Waals surface area contributed by atoms with Crippen molar-refractivity contribution in [1.82, 2.24) is 15.5 Å². The molecule has 1 atom stereocenters. The first-order valence-electron chi connectivity index (χ1n) is 6.72. The van der Waals surface area contributed by atoms with Crippen LogP contribution in [0.2, 0.25) is 0 Å². The molecule has 1 rings (SSSR count). The molecule has 0 aromatic carbocycles. The summed E-state index contributed by atoms with van der Waals surface area (Å²) in [6, 6.07) is 0. The number of halogens is 1. The minimum atomic E-state index is -0.407. The number of hydrogen-bond donors (Lipinski definition) is 2. The van der Waals surface area contributed by atoms with Crippen LogP contribution in [0.4, 0.5) is 0 Å². The lowest BCUT2D eigenvalue weighted by Gasteiger charge is -2.31. The molecule has 0 aliphatic heterocycles. The Bertz CT molecular complexity index is 439. The second-order valence-corrected chi connectivity index (χ2v) is 5.64. The van der Waals surface area contributed by atoms with Gasteiger partial charge in [-0.15, -0.1) is 12.4 Å². The molecule has 8 heteroatoms. The lowest BCUT2D eigenvalue weighted by atomic mass is 9.91. The Kier molecular flexibility index (Phi) is 8.46. The zero-order valence-corrected chi connectivity index (χ0v) is 13.8. The van der Waals surface area contributed by atoms with Gasteiger partial charge in [-0.1, -0.05) is 19.0 Å². The first-order chi connectivity index (χ1) is 9.34. The number of hydrogen-bond acceptors (Lipinski definition) is 6. The maximum Gasteiger partial charge on any atom is 0.252 e. The normalized spacial score (nSPS) is 13.6. The molecule has 0 radical (unpaired) electrons. The average molecular weight is 321 g/mol. The molecule has 7 nitrogen and oxygen atoms in total. The number of nitrogens with two attached hydrogens (primary N) is 1. The Hall–Kier alpha value is -1.18. The van der Waals surface area contributed by atoms with Crippen LogP contribution in [0, 0.1) is 12.8 Å². The van der Waals surface area contributed by atoms with Gasteiger partial charge in [-0.2, -0.15) is 4.98 Å². The Morgan fingerprint density at radius 2 is 2.19 bits per heavy atom. The van der Waals surface area contributed by atoms with Gasteiger partial charge >= 0.3 is 0 Å². The smallest absolute Gasteiger partial charge is 0.252 e. The van der Waals surface area contributed by atoms with Gasteiger partial charge in [0.25, 0.3) is 5.89 Å². The summed E-state index contributed by atoms with van der Waals surface area (Å²) in [6.07, 6.45) is 0.818. The number of rotatable bonds is 8. The van der Waals surface area contributed by atoms with Crippen LogP contribution in [0.3, 0.4) is 0 Å². The molecular formula is C13H25ClN4O3. The predicted molar refractivity (Wildman–Crippen MR) is 81.0 cm³/mol. The molecule has 0 aliphatic rings. The van der Waals surface area contributed by atoms with Gasteiger partial charge < -0.3 is 20.3 Å². The standard InChI is InChI=1S/C13H24N4O3.ClH/c1-9(2)5-13(4,8-14)16-11(18)6-19-7-12-15-10(3)17-20-12;/h9H,5-8,14H2,1-4H3,(H,16,18);1H. The Morgan fingerprint density at radius 1 is 1.52 bits per heavy atom. The number of nitrogens with one attached hydrogen (secondary N) is 1. The fraction of sp³-hybridized carbons (Fsp3) is 0.769. The molecule has 0 bridgehead atoms. The Morgan fingerprint density at radius 3 is 2.67 bits per heavy atom. The molecule has 0 saturated heterocycles. The van der Waals surface area contributed by atoms with Gasteiger partial charge in [-0.25, -0.2) is 0 Å². The molecule has 1 heterocycles. The number of aromatic nitrogens is 2. The van der Waals surface area contributed by atoms with Gasteiger partial charge in [-0.3, -0.25) is 4.79 Å². The molecular weight excluding hydrogens is 296 g/mol. The largest absolute Gasteiger partial charge is 0.362 e. The molecule has 0 fully saturated rings. The predicted octanol–water partition coefficient (Wildman–Crippen LogP) is 1.20. The van der Waals surface area contributed by atoms with E-state index in [-0.39, 0.29) is 31.5 Å². The third-order valence-electron chi connectivity index (χ3n) is 2.78. The monoisotopic (exact) mass is 320 g/mol. The van der Waals surface area contributed by atoms with E-state index < -0.39 is 5.54 Å². The highest BCUT2D eigenvalue weighted by Gasteiger charge is 2.25. The van der Waals surface area contributed by atoms with Gasteiger partial charge in [0.15, 0.2) is 5.82 Å². The molecule has 21 heavy (non-hydrogen) atoms. The molecule has 1 aromatic heterocycles. The Labute approximate surface area is 131 Å². The number of amides is 1. The van der Waals surface area contributed by atoms with Gasteiger partial charge in [0.2, 0.25) is 5.91 Å². The van der Waals surface area contributed by atoms with Crippen molar-refractivity contribution < 1.29 is 14.1 Å². The summed E-state index contributed by atoms with van der Waals surface area (Å²) in [4.78, 5) is 15.8. The van der Waals surface area contributed by atoms with Gasteiger partial charge in [-0.05, 0) is 26.2 Å². The van der Waals surface area contributed by atoms with E-state index in [2.05, 4.69) is 29.3 Å². The minimum absolute atomic E-state index is 0. The quantitative estimate of drug-likeness (QED) is 0.746. The number of nitrogens with zero attached hydrogens (tertiary/aromatic N) is 2. The lowest BCUT2D eigenvalue weighted by Crippen LogP contribution is -2.53. The zero-order chi connectivity index (χ0) is 15.2. The number of carbonyl (C=O) groups is 1. The van der Waals surface area contributed by atoms with Crippen molar-refractivity contribution >= 4 is 18.3 Å². The van der Waals surface area contributed by atoms with E-state index in [9.17, 15) is 4.79 Å². The molecule has 1 unspecified atom stereocenters. The van der Waals surface area contributed by atoms with Crippen LogP contribution in [0.25, 0.3) is 0 Å². The van der Waals surface area contributed by atoms with Gasteiger partial charge in [0, 0.05) is 12.1 Å². The summed E-state index contributed by atoms with van der Waals surface area (Å²) in [6.45, 7) is 8.29. The van der Waals surface area contributed by atoms with E-state index in [1.54, 1.807) is 6.92 Å². The van der Waals surface area contributed by atoms with E-state index in [4.69, 9.17) is 15.0 Å². The Balaban J connectivity index is 0.00000400. The van der Waals surface area contributed by atoms with Crippen molar-refractivity contribution in [1.29, 1.82) is 0 Å². The van der Waals surface area contributed by atoms with E-state index in [1.165, 1.54) is 0 Å². The average Bonchev–Trinajstić information content (AvgIpc) is 2.74. The second kappa shape index (κ2) is 8.96. The summed E-state index contributed by atoms with van der Waals surface area (Å²) in [7, 11) is 0. The second-order valence-electron chi connectivity index (χ2n) is 5.64. The summed E-state index contributed by atoms with van der Waals surface area (Å²) in [5, 5.41) is 6.55. The van der Waals surface area contributed by atoms with Crippen LogP contribution in [0.5, 0.6) is 0 Å². The van der Waals surface area contributed by atoms with Crippen LogP contribution in [-0.2, 0) is 16.1 Å². The lowest BCUT2D eigenvalue weighted by molar-refractivity contribution is -0.128. The number of carbonyl (C=O) groups excluding carboxylic acids is 1. The van der Waals surface area contributed by atoms with Crippen molar-refractivity contribution in [2.45, 2.75) is 46.3 Å². The topological polar surface area (TPSA) is 103 Å². The van der Waals surface area contributed by atoms with Crippen molar-refractivity contribution in [3.8, 4) is 0 Å². The fourth-order valence-corrected chi connectivity index (χ4v) is 2.09. The van der Waals surface area contributed by atoms with Crippen LogP contribution < -0.4 is 11.1 Å². The van der Waals surface area contributed by atoms with Crippen molar-refractivity contribution in [2.24, 2.45) is 11.7 Å². The van der Waals surface area contributed by atoms with Crippen LogP contribution in [0.15, 0.2) is 4.52 Å². The third-order valence-corrected chi connectivity index (χ3v) is 2.78. The SMILES string of the molecule is Cc1noc(COCC(=O)NC(C)(CN)CC(C)C)n1.Cl. The van der Waals surface area contributed by atoms with E-state index in [0.29, 0.717) is 24.2 Å². The molecule has 0 spiro atoms. The van der Waals surface area contributed by atoms with E-state index >= 15 is 0 Å². The van der Waals surface area contributed by atoms with Crippen LogP contribution in [-0.4, -0.2) is 34.7 Å². The van der Waals surface area contributed by atoms with Crippen molar-refractivity contribution in [3.63, 3.8) is 0 Å². The van der Waals surface area contributed by atoms with Gasteiger partial charge in [0.1, 0.15) is 13.2 Å². The van der Waals surface area contributed by atoms with E-state index in [0.717, 1.165) is 6.42 Å². The molecule has 0 aliphatic carbocycles. The maximum absolute atomic E-state index is 11.8. The highest BCUT2D eigenvalue weighted by Crippen LogP contribution is 2.15. The first-order valence-corrected chi connectivity index (χ1v) is 6.72. The maximum atomic E-state index is 11.8. The molecule has 1 aromatic rings. The number of aryl methyl sites for hydroxylation is 1. The van der Waals surface area contributed by atoms with E-state index in [1.807, 2.05) is 6.92 Å².